The van der Waals surface area contributed by atoms with E-state index in [1.54, 1.807) is 7.05 Å². The number of hydrogen-bond acceptors (Lipinski definition) is 2. The number of nitrogens with one attached hydrogen (secondary N) is 2. The SMILES string of the molecule is CN=C(NCCNC(=O)C(C)C)N(C)Cc1ccccc1.I. The van der Waals surface area contributed by atoms with Crippen LogP contribution in [0.15, 0.2) is 35.3 Å². The van der Waals surface area contributed by atoms with Crippen LogP contribution in [0.1, 0.15) is 19.4 Å². The lowest BCUT2D eigenvalue weighted by molar-refractivity contribution is -0.123. The molecule has 1 aromatic carbocycles. The van der Waals surface area contributed by atoms with E-state index in [-0.39, 0.29) is 35.8 Å². The summed E-state index contributed by atoms with van der Waals surface area (Å²) in [5.41, 5.74) is 1.23. The van der Waals surface area contributed by atoms with Crippen LogP contribution in [-0.2, 0) is 11.3 Å². The summed E-state index contributed by atoms with van der Waals surface area (Å²) in [5, 5.41) is 6.12. The Labute approximate surface area is 150 Å². The number of guanidine groups is 1. The van der Waals surface area contributed by atoms with Gasteiger partial charge in [0, 0.05) is 39.6 Å². The van der Waals surface area contributed by atoms with Crippen molar-refractivity contribution in [2.24, 2.45) is 10.9 Å². The molecule has 5 nitrogen and oxygen atoms in total. The predicted molar refractivity (Wildman–Crippen MR) is 103 cm³/mol. The van der Waals surface area contributed by atoms with Crippen molar-refractivity contribution in [1.29, 1.82) is 0 Å². The van der Waals surface area contributed by atoms with Gasteiger partial charge in [-0.25, -0.2) is 0 Å². The van der Waals surface area contributed by atoms with Gasteiger partial charge in [-0.15, -0.1) is 24.0 Å². The molecule has 0 spiro atoms. The minimum atomic E-state index is 0. The number of hydrogen-bond donors (Lipinski definition) is 2. The Balaban J connectivity index is 0.00000441. The van der Waals surface area contributed by atoms with Gasteiger partial charge in [0.15, 0.2) is 5.96 Å². The fourth-order valence-corrected chi connectivity index (χ4v) is 1.88. The maximum atomic E-state index is 11.5. The smallest absolute Gasteiger partial charge is 0.222 e. The Morgan fingerprint density at radius 2 is 1.77 bits per heavy atom. The lowest BCUT2D eigenvalue weighted by Crippen LogP contribution is -2.42. The number of benzene rings is 1. The number of halogens is 1. The first-order valence-electron chi connectivity index (χ1n) is 7.28. The van der Waals surface area contributed by atoms with Crippen LogP contribution in [0, 0.1) is 5.92 Å². The van der Waals surface area contributed by atoms with E-state index in [9.17, 15) is 4.79 Å². The van der Waals surface area contributed by atoms with Crippen molar-refractivity contribution in [3.63, 3.8) is 0 Å². The van der Waals surface area contributed by atoms with Crippen LogP contribution in [0.2, 0.25) is 0 Å². The average molecular weight is 418 g/mol. The predicted octanol–water partition coefficient (Wildman–Crippen LogP) is 2.08. The maximum Gasteiger partial charge on any atom is 0.222 e. The van der Waals surface area contributed by atoms with Gasteiger partial charge in [-0.3, -0.25) is 9.79 Å². The molecular formula is C16H27IN4O. The number of amides is 1. The van der Waals surface area contributed by atoms with Crippen LogP contribution in [0.3, 0.4) is 0 Å². The standard InChI is InChI=1S/C16H26N4O.HI/c1-13(2)15(21)18-10-11-19-16(17-3)20(4)12-14-8-6-5-7-9-14;/h5-9,13H,10-12H2,1-4H3,(H,17,19)(H,18,21);1H. The molecule has 124 valence electrons. The molecule has 0 aliphatic rings. The Kier molecular flexibility index (Phi) is 10.6. The first-order valence-corrected chi connectivity index (χ1v) is 7.28. The van der Waals surface area contributed by atoms with E-state index in [0.29, 0.717) is 13.1 Å². The molecule has 0 bridgehead atoms. The monoisotopic (exact) mass is 418 g/mol. The summed E-state index contributed by atoms with van der Waals surface area (Å²) in [4.78, 5) is 17.8. The largest absolute Gasteiger partial charge is 0.354 e. The van der Waals surface area contributed by atoms with Crippen molar-refractivity contribution in [3.8, 4) is 0 Å². The molecule has 0 saturated carbocycles. The summed E-state index contributed by atoms with van der Waals surface area (Å²) in [7, 11) is 3.76. The zero-order valence-corrected chi connectivity index (χ0v) is 16.1. The van der Waals surface area contributed by atoms with Crippen molar-refractivity contribution in [2.75, 3.05) is 27.2 Å². The molecule has 6 heteroatoms. The van der Waals surface area contributed by atoms with Crippen molar-refractivity contribution in [2.45, 2.75) is 20.4 Å². The van der Waals surface area contributed by atoms with Gasteiger partial charge in [-0.05, 0) is 5.56 Å². The van der Waals surface area contributed by atoms with E-state index in [0.717, 1.165) is 12.5 Å². The molecule has 22 heavy (non-hydrogen) atoms. The summed E-state index contributed by atoms with van der Waals surface area (Å²) < 4.78 is 0. The molecule has 0 heterocycles. The highest BCUT2D eigenvalue weighted by Gasteiger charge is 2.07. The molecule has 1 amide bonds. The quantitative estimate of drug-likeness (QED) is 0.322. The number of carbonyl (C=O) groups excluding carboxylic acids is 1. The zero-order valence-electron chi connectivity index (χ0n) is 13.8. The van der Waals surface area contributed by atoms with Crippen LogP contribution in [-0.4, -0.2) is 44.0 Å². The summed E-state index contributed by atoms with van der Waals surface area (Å²) in [6.45, 7) is 5.81. The minimum Gasteiger partial charge on any atom is -0.354 e. The molecule has 0 atom stereocenters. The lowest BCUT2D eigenvalue weighted by Gasteiger charge is -2.22. The fraction of sp³-hybridized carbons (Fsp3) is 0.500. The van der Waals surface area contributed by atoms with Crippen molar-refractivity contribution >= 4 is 35.8 Å². The Morgan fingerprint density at radius 1 is 1.18 bits per heavy atom. The van der Waals surface area contributed by atoms with Gasteiger partial charge in [0.25, 0.3) is 0 Å². The van der Waals surface area contributed by atoms with Gasteiger partial charge < -0.3 is 15.5 Å². The highest BCUT2D eigenvalue weighted by Crippen LogP contribution is 2.02. The van der Waals surface area contributed by atoms with Crippen LogP contribution in [0.5, 0.6) is 0 Å². The molecule has 2 N–H and O–H groups in total. The fourth-order valence-electron chi connectivity index (χ4n) is 1.88. The van der Waals surface area contributed by atoms with Gasteiger partial charge in [0.2, 0.25) is 5.91 Å². The lowest BCUT2D eigenvalue weighted by atomic mass is 10.2. The molecule has 0 fully saturated rings. The van der Waals surface area contributed by atoms with E-state index in [1.165, 1.54) is 5.56 Å². The van der Waals surface area contributed by atoms with E-state index in [4.69, 9.17) is 0 Å². The molecule has 1 aromatic rings. The molecule has 0 saturated heterocycles. The van der Waals surface area contributed by atoms with Crippen LogP contribution < -0.4 is 10.6 Å². The van der Waals surface area contributed by atoms with Gasteiger partial charge >= 0.3 is 0 Å². The van der Waals surface area contributed by atoms with E-state index >= 15 is 0 Å². The van der Waals surface area contributed by atoms with Crippen molar-refractivity contribution in [3.05, 3.63) is 35.9 Å². The Bertz CT molecular complexity index is 462. The molecule has 0 aromatic heterocycles. The Morgan fingerprint density at radius 3 is 2.32 bits per heavy atom. The highest BCUT2D eigenvalue weighted by molar-refractivity contribution is 14.0. The van der Waals surface area contributed by atoms with Crippen LogP contribution in [0.4, 0.5) is 0 Å². The summed E-state index contributed by atoms with van der Waals surface area (Å²) in [6.07, 6.45) is 0. The molecular weight excluding hydrogens is 391 g/mol. The number of carbonyl (C=O) groups is 1. The van der Waals surface area contributed by atoms with Gasteiger partial charge in [-0.2, -0.15) is 0 Å². The minimum absolute atomic E-state index is 0. The normalized spacial score (nSPS) is 10.9. The second-order valence-electron chi connectivity index (χ2n) is 5.26. The van der Waals surface area contributed by atoms with Crippen LogP contribution >= 0.6 is 24.0 Å². The molecule has 0 radical (unpaired) electrons. The van der Waals surface area contributed by atoms with Gasteiger partial charge in [-0.1, -0.05) is 44.2 Å². The summed E-state index contributed by atoms with van der Waals surface area (Å²) in [6, 6.07) is 10.2. The topological polar surface area (TPSA) is 56.7 Å². The third-order valence-electron chi connectivity index (χ3n) is 3.07. The zero-order chi connectivity index (χ0) is 15.7. The van der Waals surface area contributed by atoms with Gasteiger partial charge in [0.05, 0.1) is 0 Å². The molecule has 0 aliphatic heterocycles. The first-order chi connectivity index (χ1) is 10.0. The highest BCUT2D eigenvalue weighted by atomic mass is 127. The third kappa shape index (κ3) is 7.63. The second-order valence-corrected chi connectivity index (χ2v) is 5.26. The summed E-state index contributed by atoms with van der Waals surface area (Å²) >= 11 is 0. The summed E-state index contributed by atoms with van der Waals surface area (Å²) in [5.74, 6) is 0.909. The third-order valence-corrected chi connectivity index (χ3v) is 3.07. The second kappa shape index (κ2) is 11.3. The molecule has 1 rings (SSSR count). The number of rotatable bonds is 6. The number of nitrogens with zero attached hydrogens (tertiary/aromatic N) is 2. The Hall–Kier alpha value is -1.31. The maximum absolute atomic E-state index is 11.5. The molecule has 0 aliphatic carbocycles. The van der Waals surface area contributed by atoms with Crippen molar-refractivity contribution < 1.29 is 4.79 Å². The average Bonchev–Trinajstić information content (AvgIpc) is 2.47. The first kappa shape index (κ1) is 20.7. The van der Waals surface area contributed by atoms with E-state index in [2.05, 4.69) is 32.7 Å². The van der Waals surface area contributed by atoms with Crippen molar-refractivity contribution in [1.82, 2.24) is 15.5 Å². The van der Waals surface area contributed by atoms with Crippen LogP contribution in [0.25, 0.3) is 0 Å². The van der Waals surface area contributed by atoms with E-state index < -0.39 is 0 Å². The van der Waals surface area contributed by atoms with Gasteiger partial charge in [0.1, 0.15) is 0 Å². The number of aliphatic imine (C=N–C) groups is 1. The molecule has 0 unspecified atom stereocenters. The van der Waals surface area contributed by atoms with E-state index in [1.807, 2.05) is 39.1 Å².